The molecule has 0 fully saturated rings. The second kappa shape index (κ2) is 12.7. The minimum absolute atomic E-state index is 0.0458. The van der Waals surface area contributed by atoms with Gasteiger partial charge in [-0.3, -0.25) is 9.59 Å². The summed E-state index contributed by atoms with van der Waals surface area (Å²) in [5.74, 6) is 0.473. The fraction of sp³-hybridized carbons (Fsp3) is 0.846. The van der Waals surface area contributed by atoms with Crippen LogP contribution in [0.15, 0.2) is 0 Å². The highest BCUT2D eigenvalue weighted by atomic mass is 32.2. The highest BCUT2D eigenvalue weighted by Crippen LogP contribution is 2.04. The largest absolute Gasteiger partial charge is 0.481 e. The Morgan fingerprint density at radius 3 is 2.33 bits per heavy atom. The van der Waals surface area contributed by atoms with Gasteiger partial charge in [0.2, 0.25) is 5.91 Å². The van der Waals surface area contributed by atoms with Crippen molar-refractivity contribution in [2.75, 3.05) is 18.6 Å². The number of hydrogen-bond donors (Lipinski definition) is 2. The van der Waals surface area contributed by atoms with E-state index in [-0.39, 0.29) is 12.3 Å². The molecular formula is C13H25NO3S. The lowest BCUT2D eigenvalue weighted by Crippen LogP contribution is -2.24. The number of carbonyl (C=O) groups excluding carboxylic acids is 1. The predicted octanol–water partition coefficient (Wildman–Crippen LogP) is 2.67. The molecule has 18 heavy (non-hydrogen) atoms. The van der Waals surface area contributed by atoms with Crippen LogP contribution in [0.4, 0.5) is 0 Å². The molecule has 4 nitrogen and oxygen atoms in total. The molecule has 1 amide bonds. The molecule has 0 radical (unpaired) electrons. The number of unbranched alkanes of at least 4 members (excludes halogenated alkanes) is 4. The molecule has 0 aromatic heterocycles. The van der Waals surface area contributed by atoms with E-state index in [1.54, 1.807) is 0 Å². The fourth-order valence-corrected chi connectivity index (χ4v) is 2.10. The van der Waals surface area contributed by atoms with E-state index in [0.717, 1.165) is 13.0 Å². The second-order valence-electron chi connectivity index (χ2n) is 4.36. The molecule has 0 saturated heterocycles. The third-order valence-electron chi connectivity index (χ3n) is 2.64. The number of rotatable bonds is 12. The third kappa shape index (κ3) is 13.4. The minimum Gasteiger partial charge on any atom is -0.481 e. The van der Waals surface area contributed by atoms with Crippen molar-refractivity contribution >= 4 is 23.6 Å². The van der Waals surface area contributed by atoms with E-state index in [2.05, 4.69) is 11.6 Å². The number of carboxylic acid groups (broad SMARTS) is 1. The normalized spacial score (nSPS) is 10.3. The Balaban J connectivity index is 3.19. The molecule has 0 spiro atoms. The van der Waals surface area contributed by atoms with Crippen molar-refractivity contribution in [3.8, 4) is 0 Å². The second-order valence-corrected chi connectivity index (χ2v) is 5.34. The Hall–Kier alpha value is -0.710. The Morgan fingerprint density at radius 1 is 1.00 bits per heavy atom. The van der Waals surface area contributed by atoms with Gasteiger partial charge in [0.25, 0.3) is 0 Å². The van der Waals surface area contributed by atoms with E-state index < -0.39 is 5.97 Å². The van der Waals surface area contributed by atoms with Gasteiger partial charge < -0.3 is 10.4 Å². The third-order valence-corrected chi connectivity index (χ3v) is 3.34. The van der Waals surface area contributed by atoms with Crippen LogP contribution in [-0.2, 0) is 9.59 Å². The lowest BCUT2D eigenvalue weighted by atomic mass is 10.2. The van der Waals surface area contributed by atoms with Gasteiger partial charge in [0.15, 0.2) is 0 Å². The van der Waals surface area contributed by atoms with Crippen LogP contribution < -0.4 is 5.32 Å². The lowest BCUT2D eigenvalue weighted by molar-refractivity contribution is -0.137. The molecule has 0 aliphatic rings. The summed E-state index contributed by atoms with van der Waals surface area (Å²) in [6.45, 7) is 0.747. The van der Waals surface area contributed by atoms with Crippen LogP contribution in [0.1, 0.15) is 51.4 Å². The van der Waals surface area contributed by atoms with Gasteiger partial charge in [-0.15, -0.1) is 0 Å². The van der Waals surface area contributed by atoms with Crippen molar-refractivity contribution in [2.24, 2.45) is 0 Å². The Kier molecular flexibility index (Phi) is 12.2. The van der Waals surface area contributed by atoms with Crippen LogP contribution in [0, 0.1) is 0 Å². The van der Waals surface area contributed by atoms with Gasteiger partial charge in [-0.25, -0.2) is 0 Å². The molecule has 0 atom stereocenters. The van der Waals surface area contributed by atoms with Gasteiger partial charge in [0, 0.05) is 19.4 Å². The van der Waals surface area contributed by atoms with E-state index in [1.807, 2.05) is 11.8 Å². The topological polar surface area (TPSA) is 66.4 Å². The summed E-state index contributed by atoms with van der Waals surface area (Å²) in [6, 6.07) is 0. The molecule has 0 bridgehead atoms. The maximum Gasteiger partial charge on any atom is 0.303 e. The van der Waals surface area contributed by atoms with Crippen molar-refractivity contribution < 1.29 is 14.7 Å². The van der Waals surface area contributed by atoms with Crippen molar-refractivity contribution in [2.45, 2.75) is 51.4 Å². The van der Waals surface area contributed by atoms with Crippen molar-refractivity contribution in [3.05, 3.63) is 0 Å². The molecule has 0 aromatic rings. The Bertz CT molecular complexity index is 234. The van der Waals surface area contributed by atoms with Gasteiger partial charge in [-0.05, 0) is 37.7 Å². The standard InChI is InChI=1S/C13H25NO3S/c1-18-11-7-3-2-6-10-14-12(15)8-4-5-9-13(16)17/h2-11H2,1H3,(H,14,15)(H,16,17). The van der Waals surface area contributed by atoms with Crippen LogP contribution >= 0.6 is 11.8 Å². The minimum atomic E-state index is -0.791. The number of aliphatic carboxylic acids is 1. The average Bonchev–Trinajstić information content (AvgIpc) is 2.33. The van der Waals surface area contributed by atoms with Crippen molar-refractivity contribution in [3.63, 3.8) is 0 Å². The number of nitrogens with one attached hydrogen (secondary N) is 1. The smallest absolute Gasteiger partial charge is 0.303 e. The SMILES string of the molecule is CSCCCCCCNC(=O)CCCCC(=O)O. The molecule has 0 rings (SSSR count). The maximum absolute atomic E-state index is 11.4. The number of carbonyl (C=O) groups is 2. The van der Waals surface area contributed by atoms with E-state index in [0.29, 0.717) is 19.3 Å². The molecule has 0 aliphatic heterocycles. The van der Waals surface area contributed by atoms with E-state index in [1.165, 1.54) is 25.0 Å². The highest BCUT2D eigenvalue weighted by molar-refractivity contribution is 7.98. The van der Waals surface area contributed by atoms with E-state index in [4.69, 9.17) is 5.11 Å². The first-order chi connectivity index (χ1) is 8.66. The molecule has 0 unspecified atom stereocenters. The summed E-state index contributed by atoms with van der Waals surface area (Å²) in [7, 11) is 0. The molecular weight excluding hydrogens is 250 g/mol. The Labute approximate surface area is 114 Å². The summed E-state index contributed by atoms with van der Waals surface area (Å²) in [4.78, 5) is 21.6. The number of hydrogen-bond acceptors (Lipinski definition) is 3. The molecule has 106 valence electrons. The first-order valence-electron chi connectivity index (χ1n) is 6.64. The van der Waals surface area contributed by atoms with Gasteiger partial charge in [0.1, 0.15) is 0 Å². The average molecular weight is 275 g/mol. The Morgan fingerprint density at radius 2 is 1.67 bits per heavy atom. The summed E-state index contributed by atoms with van der Waals surface area (Å²) in [5.41, 5.74) is 0. The number of carboxylic acids is 1. The van der Waals surface area contributed by atoms with Crippen LogP contribution in [0.2, 0.25) is 0 Å². The van der Waals surface area contributed by atoms with E-state index >= 15 is 0 Å². The zero-order valence-electron chi connectivity index (χ0n) is 11.2. The van der Waals surface area contributed by atoms with Crippen LogP contribution in [0.3, 0.4) is 0 Å². The molecule has 0 aromatic carbocycles. The molecule has 0 saturated carbocycles. The summed E-state index contributed by atoms with van der Waals surface area (Å²) in [6.07, 6.45) is 8.64. The number of amides is 1. The summed E-state index contributed by atoms with van der Waals surface area (Å²) >= 11 is 1.87. The van der Waals surface area contributed by atoms with Crippen LogP contribution in [0.25, 0.3) is 0 Å². The zero-order chi connectivity index (χ0) is 13.6. The molecule has 5 heteroatoms. The van der Waals surface area contributed by atoms with Crippen molar-refractivity contribution in [1.82, 2.24) is 5.32 Å². The van der Waals surface area contributed by atoms with Crippen LogP contribution in [0.5, 0.6) is 0 Å². The number of thioether (sulfide) groups is 1. The monoisotopic (exact) mass is 275 g/mol. The van der Waals surface area contributed by atoms with Gasteiger partial charge in [-0.2, -0.15) is 11.8 Å². The predicted molar refractivity (Wildman–Crippen MR) is 76.0 cm³/mol. The zero-order valence-corrected chi connectivity index (χ0v) is 12.1. The van der Waals surface area contributed by atoms with Crippen molar-refractivity contribution in [1.29, 1.82) is 0 Å². The molecule has 0 aliphatic carbocycles. The van der Waals surface area contributed by atoms with Gasteiger partial charge in [0.05, 0.1) is 0 Å². The van der Waals surface area contributed by atoms with Gasteiger partial charge in [-0.1, -0.05) is 12.8 Å². The van der Waals surface area contributed by atoms with Crippen LogP contribution in [-0.4, -0.2) is 35.5 Å². The summed E-state index contributed by atoms with van der Waals surface area (Å²) in [5, 5.41) is 11.3. The first-order valence-corrected chi connectivity index (χ1v) is 8.03. The first kappa shape index (κ1) is 17.3. The molecule has 2 N–H and O–H groups in total. The van der Waals surface area contributed by atoms with E-state index in [9.17, 15) is 9.59 Å². The maximum atomic E-state index is 11.4. The highest BCUT2D eigenvalue weighted by Gasteiger charge is 2.02. The fourth-order valence-electron chi connectivity index (χ4n) is 1.60. The summed E-state index contributed by atoms with van der Waals surface area (Å²) < 4.78 is 0. The quantitative estimate of drug-likeness (QED) is 0.537. The molecule has 0 heterocycles. The van der Waals surface area contributed by atoms with Gasteiger partial charge >= 0.3 is 5.97 Å². The lowest BCUT2D eigenvalue weighted by Gasteiger charge is -2.04.